The van der Waals surface area contributed by atoms with Gasteiger partial charge >= 0.3 is 6.09 Å². The van der Waals surface area contributed by atoms with Crippen LogP contribution in [0.25, 0.3) is 0 Å². The molecule has 1 rings (SSSR count). The third-order valence-corrected chi connectivity index (χ3v) is 2.56. The number of nitrogens with zero attached hydrogens (tertiary/aromatic N) is 1. The Morgan fingerprint density at radius 3 is 2.74 bits per heavy atom. The van der Waals surface area contributed by atoms with Gasteiger partial charge in [-0.05, 0) is 32.9 Å². The van der Waals surface area contributed by atoms with Gasteiger partial charge in [-0.3, -0.25) is 0 Å². The molecule has 104 valence electrons. The number of benzene rings is 1. The second-order valence-corrected chi connectivity index (χ2v) is 6.02. The molecule has 0 radical (unpaired) electrons. The molecule has 7 heteroatoms. The van der Waals surface area contributed by atoms with Crippen LogP contribution in [0.1, 0.15) is 26.3 Å². The van der Waals surface area contributed by atoms with Crippen LogP contribution in [0.4, 0.5) is 4.79 Å². The molecule has 0 atom stereocenters. The number of carbonyl (C=O) groups is 1. The molecule has 0 aliphatic rings. The molecule has 0 aromatic heterocycles. The van der Waals surface area contributed by atoms with Crippen molar-refractivity contribution in [2.75, 3.05) is 0 Å². The Morgan fingerprint density at radius 2 is 2.16 bits per heavy atom. The van der Waals surface area contributed by atoms with E-state index in [1.165, 1.54) is 6.21 Å². The second-order valence-electron chi connectivity index (χ2n) is 4.70. The summed E-state index contributed by atoms with van der Waals surface area (Å²) in [5.41, 5.74) is 1.97. The molecular formula is C12H14BrClN2O3. The zero-order valence-electron chi connectivity index (χ0n) is 10.7. The van der Waals surface area contributed by atoms with Crippen LogP contribution in [0.5, 0.6) is 5.75 Å². The van der Waals surface area contributed by atoms with Gasteiger partial charge in [0.15, 0.2) is 0 Å². The van der Waals surface area contributed by atoms with E-state index in [4.69, 9.17) is 16.3 Å². The smallest absolute Gasteiger partial charge is 0.428 e. The summed E-state index contributed by atoms with van der Waals surface area (Å²) in [4.78, 5) is 11.3. The molecule has 2 N–H and O–H groups in total. The van der Waals surface area contributed by atoms with E-state index in [1.54, 1.807) is 32.9 Å². The van der Waals surface area contributed by atoms with Crippen molar-refractivity contribution in [1.29, 1.82) is 0 Å². The van der Waals surface area contributed by atoms with Crippen molar-refractivity contribution < 1.29 is 14.6 Å². The van der Waals surface area contributed by atoms with Crippen LogP contribution in [-0.4, -0.2) is 23.0 Å². The van der Waals surface area contributed by atoms with Crippen molar-refractivity contribution in [2.45, 2.75) is 26.4 Å². The molecule has 0 saturated heterocycles. The molecule has 5 nitrogen and oxygen atoms in total. The van der Waals surface area contributed by atoms with Gasteiger partial charge < -0.3 is 9.84 Å². The highest BCUT2D eigenvalue weighted by Gasteiger charge is 2.15. The van der Waals surface area contributed by atoms with E-state index >= 15 is 0 Å². The van der Waals surface area contributed by atoms with Crippen LogP contribution in [-0.2, 0) is 4.74 Å². The van der Waals surface area contributed by atoms with Crippen LogP contribution in [0, 0.1) is 0 Å². The standard InChI is InChI=1S/C12H14BrClN2O3/c1-12(2,3)19-11(18)16-15-6-7-4-8(13)5-9(14)10(7)17/h4-6,17H,1-3H3,(H,16,18)/b15-6-. The average Bonchev–Trinajstić information content (AvgIpc) is 2.22. The van der Waals surface area contributed by atoms with Crippen molar-refractivity contribution in [3.05, 3.63) is 27.2 Å². The minimum absolute atomic E-state index is 0.111. The van der Waals surface area contributed by atoms with Gasteiger partial charge in [0, 0.05) is 10.0 Å². The maximum absolute atomic E-state index is 11.3. The number of phenols is 1. The lowest BCUT2D eigenvalue weighted by Crippen LogP contribution is -2.29. The summed E-state index contributed by atoms with van der Waals surface area (Å²) in [7, 11) is 0. The number of hydrogen-bond acceptors (Lipinski definition) is 4. The van der Waals surface area contributed by atoms with Crippen molar-refractivity contribution in [1.82, 2.24) is 5.43 Å². The van der Waals surface area contributed by atoms with Gasteiger partial charge in [0.25, 0.3) is 0 Å². The van der Waals surface area contributed by atoms with Crippen molar-refractivity contribution >= 4 is 39.8 Å². The van der Waals surface area contributed by atoms with E-state index in [-0.39, 0.29) is 10.8 Å². The monoisotopic (exact) mass is 348 g/mol. The van der Waals surface area contributed by atoms with E-state index in [0.29, 0.717) is 10.0 Å². The Labute approximate surface area is 124 Å². The van der Waals surface area contributed by atoms with E-state index in [0.717, 1.165) is 0 Å². The molecule has 1 aromatic carbocycles. The molecule has 1 amide bonds. The third kappa shape index (κ3) is 5.48. The highest BCUT2D eigenvalue weighted by Crippen LogP contribution is 2.30. The number of aromatic hydroxyl groups is 1. The molecule has 1 aromatic rings. The molecule has 0 unspecified atom stereocenters. The quantitative estimate of drug-likeness (QED) is 0.632. The normalized spacial score (nSPS) is 11.6. The summed E-state index contributed by atoms with van der Waals surface area (Å²) in [6.07, 6.45) is 0.597. The predicted octanol–water partition coefficient (Wildman–Crippen LogP) is 3.67. The molecule has 0 fully saturated rings. The number of ether oxygens (including phenoxy) is 1. The summed E-state index contributed by atoms with van der Waals surface area (Å²) in [6.45, 7) is 5.24. The lowest BCUT2D eigenvalue weighted by atomic mass is 10.2. The van der Waals surface area contributed by atoms with Gasteiger partial charge in [-0.1, -0.05) is 27.5 Å². The fourth-order valence-electron chi connectivity index (χ4n) is 1.14. The van der Waals surface area contributed by atoms with E-state index in [9.17, 15) is 9.90 Å². The molecule has 0 bridgehead atoms. The van der Waals surface area contributed by atoms with Crippen LogP contribution in [0.2, 0.25) is 5.02 Å². The Balaban J connectivity index is 2.71. The largest absolute Gasteiger partial charge is 0.506 e. The third-order valence-electron chi connectivity index (χ3n) is 1.82. The molecule has 0 heterocycles. The van der Waals surface area contributed by atoms with E-state index in [2.05, 4.69) is 26.5 Å². The first-order valence-electron chi connectivity index (χ1n) is 5.39. The Morgan fingerprint density at radius 1 is 1.53 bits per heavy atom. The van der Waals surface area contributed by atoms with Crippen LogP contribution >= 0.6 is 27.5 Å². The lowest BCUT2D eigenvalue weighted by molar-refractivity contribution is 0.0529. The highest BCUT2D eigenvalue weighted by atomic mass is 79.9. The molecular weight excluding hydrogens is 336 g/mol. The van der Waals surface area contributed by atoms with Crippen molar-refractivity contribution in [3.8, 4) is 5.75 Å². The molecule has 0 aliphatic carbocycles. The van der Waals surface area contributed by atoms with Gasteiger partial charge in [-0.2, -0.15) is 5.10 Å². The van der Waals surface area contributed by atoms with Crippen molar-refractivity contribution in [2.24, 2.45) is 5.10 Å². The van der Waals surface area contributed by atoms with Gasteiger partial charge in [-0.15, -0.1) is 0 Å². The Bertz CT molecular complexity index is 512. The fraction of sp³-hybridized carbons (Fsp3) is 0.333. The van der Waals surface area contributed by atoms with E-state index in [1.807, 2.05) is 0 Å². The number of halogens is 2. The topological polar surface area (TPSA) is 70.9 Å². The first kappa shape index (κ1) is 15.8. The maximum atomic E-state index is 11.3. The summed E-state index contributed by atoms with van der Waals surface area (Å²) >= 11 is 9.03. The number of nitrogens with one attached hydrogen (secondary N) is 1. The minimum atomic E-state index is -0.677. The second kappa shape index (κ2) is 6.25. The van der Waals surface area contributed by atoms with Crippen molar-refractivity contribution in [3.63, 3.8) is 0 Å². The number of phenolic OH excluding ortho intramolecular Hbond substituents is 1. The first-order valence-corrected chi connectivity index (χ1v) is 6.56. The van der Waals surface area contributed by atoms with Gasteiger partial charge in [0.1, 0.15) is 11.4 Å². The van der Waals surface area contributed by atoms with Gasteiger partial charge in [0.2, 0.25) is 0 Å². The highest BCUT2D eigenvalue weighted by molar-refractivity contribution is 9.10. The molecule has 0 saturated carbocycles. The zero-order valence-corrected chi connectivity index (χ0v) is 13.0. The van der Waals surface area contributed by atoms with Crippen LogP contribution in [0.3, 0.4) is 0 Å². The predicted molar refractivity (Wildman–Crippen MR) is 77.8 cm³/mol. The van der Waals surface area contributed by atoms with Gasteiger partial charge in [-0.25, -0.2) is 10.2 Å². The number of rotatable bonds is 2. The fourth-order valence-corrected chi connectivity index (χ4v) is 1.97. The molecule has 0 aliphatic heterocycles. The minimum Gasteiger partial charge on any atom is -0.506 e. The Hall–Kier alpha value is -1.27. The van der Waals surface area contributed by atoms with Crippen LogP contribution in [0.15, 0.2) is 21.7 Å². The average molecular weight is 350 g/mol. The Kier molecular flexibility index (Phi) is 5.20. The summed E-state index contributed by atoms with van der Waals surface area (Å²) in [5.74, 6) is -0.111. The SMILES string of the molecule is CC(C)(C)OC(=O)N/N=C\c1cc(Br)cc(Cl)c1O. The first-order chi connectivity index (χ1) is 8.69. The summed E-state index contributed by atoms with van der Waals surface area (Å²) in [5, 5.41) is 13.6. The maximum Gasteiger partial charge on any atom is 0.428 e. The zero-order chi connectivity index (χ0) is 14.6. The molecule has 0 spiro atoms. The van der Waals surface area contributed by atoms with Gasteiger partial charge in [0.05, 0.1) is 11.2 Å². The summed E-state index contributed by atoms with van der Waals surface area (Å²) < 4.78 is 5.68. The number of hydrogen-bond donors (Lipinski definition) is 2. The van der Waals surface area contributed by atoms with Crippen LogP contribution < -0.4 is 5.43 Å². The molecule has 19 heavy (non-hydrogen) atoms. The lowest BCUT2D eigenvalue weighted by Gasteiger charge is -2.18. The number of hydrazone groups is 1. The number of carbonyl (C=O) groups excluding carboxylic acids is 1. The summed E-state index contributed by atoms with van der Waals surface area (Å²) in [6, 6.07) is 3.16. The van der Waals surface area contributed by atoms with E-state index < -0.39 is 11.7 Å². The number of amides is 1.